The SMILES string of the molecule is Cc1cc(Cl)nc(NC(=O)c2ccc(Cl)cc2C)n1. The number of benzene rings is 1. The minimum Gasteiger partial charge on any atom is -0.290 e. The van der Waals surface area contributed by atoms with Crippen molar-refractivity contribution in [2.24, 2.45) is 0 Å². The highest BCUT2D eigenvalue weighted by atomic mass is 35.5. The lowest BCUT2D eigenvalue weighted by Gasteiger charge is -2.07. The smallest absolute Gasteiger partial charge is 0.258 e. The minimum atomic E-state index is -0.296. The number of nitrogens with one attached hydrogen (secondary N) is 1. The summed E-state index contributed by atoms with van der Waals surface area (Å²) < 4.78 is 0. The predicted molar refractivity (Wildman–Crippen MR) is 75.9 cm³/mol. The van der Waals surface area contributed by atoms with Crippen LogP contribution in [0.3, 0.4) is 0 Å². The Morgan fingerprint density at radius 3 is 2.53 bits per heavy atom. The molecule has 0 saturated heterocycles. The van der Waals surface area contributed by atoms with Gasteiger partial charge in [-0.3, -0.25) is 10.1 Å². The van der Waals surface area contributed by atoms with Gasteiger partial charge in [0, 0.05) is 16.3 Å². The van der Waals surface area contributed by atoms with Crippen LogP contribution in [-0.4, -0.2) is 15.9 Å². The number of halogens is 2. The fourth-order valence-corrected chi connectivity index (χ4v) is 2.10. The average molecular weight is 296 g/mol. The van der Waals surface area contributed by atoms with Gasteiger partial charge in [0.2, 0.25) is 5.95 Å². The highest BCUT2D eigenvalue weighted by molar-refractivity contribution is 6.30. The second-order valence-electron chi connectivity index (χ2n) is 4.07. The van der Waals surface area contributed by atoms with Crippen LogP contribution in [0, 0.1) is 13.8 Å². The molecule has 1 aromatic carbocycles. The Morgan fingerprint density at radius 1 is 1.16 bits per heavy atom. The van der Waals surface area contributed by atoms with Gasteiger partial charge in [-0.2, -0.15) is 0 Å². The Morgan fingerprint density at radius 2 is 1.89 bits per heavy atom. The molecule has 0 aliphatic carbocycles. The third-order valence-electron chi connectivity index (χ3n) is 2.48. The Kier molecular flexibility index (Phi) is 4.02. The van der Waals surface area contributed by atoms with Crippen LogP contribution in [0.15, 0.2) is 24.3 Å². The molecule has 1 aromatic heterocycles. The normalized spacial score (nSPS) is 10.3. The van der Waals surface area contributed by atoms with Crippen molar-refractivity contribution >= 4 is 35.1 Å². The maximum atomic E-state index is 12.1. The Balaban J connectivity index is 2.25. The monoisotopic (exact) mass is 295 g/mol. The molecule has 2 aromatic rings. The first kappa shape index (κ1) is 13.8. The number of hydrogen-bond acceptors (Lipinski definition) is 3. The maximum absolute atomic E-state index is 12.1. The number of aromatic nitrogens is 2. The average Bonchev–Trinajstić information content (AvgIpc) is 2.26. The molecule has 0 spiro atoms. The van der Waals surface area contributed by atoms with Gasteiger partial charge >= 0.3 is 0 Å². The van der Waals surface area contributed by atoms with Crippen molar-refractivity contribution < 1.29 is 4.79 Å². The van der Waals surface area contributed by atoms with E-state index in [1.54, 1.807) is 31.2 Å². The van der Waals surface area contributed by atoms with Crippen LogP contribution in [-0.2, 0) is 0 Å². The topological polar surface area (TPSA) is 54.9 Å². The van der Waals surface area contributed by atoms with Crippen LogP contribution >= 0.6 is 23.2 Å². The van der Waals surface area contributed by atoms with E-state index < -0.39 is 0 Å². The van der Waals surface area contributed by atoms with Gasteiger partial charge in [-0.15, -0.1) is 0 Å². The highest BCUT2D eigenvalue weighted by Gasteiger charge is 2.11. The number of hydrogen-bond donors (Lipinski definition) is 1. The molecule has 0 radical (unpaired) electrons. The number of aryl methyl sites for hydroxylation is 2. The second kappa shape index (κ2) is 5.55. The van der Waals surface area contributed by atoms with Crippen LogP contribution in [0.2, 0.25) is 10.2 Å². The zero-order valence-corrected chi connectivity index (χ0v) is 11.9. The second-order valence-corrected chi connectivity index (χ2v) is 4.89. The minimum absolute atomic E-state index is 0.185. The number of nitrogens with zero attached hydrogens (tertiary/aromatic N) is 2. The Hall–Kier alpha value is -1.65. The fourth-order valence-electron chi connectivity index (χ4n) is 1.64. The first-order valence-corrected chi connectivity index (χ1v) is 6.30. The van der Waals surface area contributed by atoms with E-state index in [-0.39, 0.29) is 17.0 Å². The molecule has 1 heterocycles. The summed E-state index contributed by atoms with van der Waals surface area (Å²) in [5.41, 5.74) is 1.98. The van der Waals surface area contributed by atoms with Crippen molar-refractivity contribution in [3.63, 3.8) is 0 Å². The molecule has 4 nitrogen and oxygen atoms in total. The predicted octanol–water partition coefficient (Wildman–Crippen LogP) is 3.65. The van der Waals surface area contributed by atoms with Gasteiger partial charge in [0.25, 0.3) is 5.91 Å². The molecule has 0 atom stereocenters. The summed E-state index contributed by atoms with van der Waals surface area (Å²) >= 11 is 11.7. The fraction of sp³-hybridized carbons (Fsp3) is 0.154. The molecule has 2 rings (SSSR count). The lowest BCUT2D eigenvalue weighted by atomic mass is 10.1. The van der Waals surface area contributed by atoms with Gasteiger partial charge in [0.15, 0.2) is 0 Å². The van der Waals surface area contributed by atoms with Crippen molar-refractivity contribution in [2.75, 3.05) is 5.32 Å². The third kappa shape index (κ3) is 3.43. The number of anilines is 1. The van der Waals surface area contributed by atoms with E-state index in [0.717, 1.165) is 5.56 Å². The molecular formula is C13H11Cl2N3O. The lowest BCUT2D eigenvalue weighted by Crippen LogP contribution is -2.15. The summed E-state index contributed by atoms with van der Waals surface area (Å²) in [6.07, 6.45) is 0. The molecule has 19 heavy (non-hydrogen) atoms. The van der Waals surface area contributed by atoms with Crippen LogP contribution in [0.25, 0.3) is 0 Å². The Labute approximate surface area is 120 Å². The standard InChI is InChI=1S/C13H11Cl2N3O/c1-7-5-9(14)3-4-10(7)12(19)18-13-16-8(2)6-11(15)17-13/h3-6H,1-2H3,(H,16,17,18,19). The summed E-state index contributed by atoms with van der Waals surface area (Å²) in [4.78, 5) is 20.1. The number of carbonyl (C=O) groups excluding carboxylic acids is 1. The van der Waals surface area contributed by atoms with Gasteiger partial charge in [0.1, 0.15) is 5.15 Å². The molecule has 0 unspecified atom stereocenters. The van der Waals surface area contributed by atoms with Crippen LogP contribution in [0.4, 0.5) is 5.95 Å². The van der Waals surface area contributed by atoms with Crippen molar-refractivity contribution in [1.29, 1.82) is 0 Å². The van der Waals surface area contributed by atoms with Crippen molar-refractivity contribution in [1.82, 2.24) is 9.97 Å². The van der Waals surface area contributed by atoms with Crippen molar-refractivity contribution in [2.45, 2.75) is 13.8 Å². The van der Waals surface area contributed by atoms with Crippen LogP contribution < -0.4 is 5.32 Å². The maximum Gasteiger partial charge on any atom is 0.258 e. The number of rotatable bonds is 2. The lowest BCUT2D eigenvalue weighted by molar-refractivity contribution is 0.102. The summed E-state index contributed by atoms with van der Waals surface area (Å²) in [6, 6.07) is 6.66. The molecule has 0 aliphatic rings. The van der Waals surface area contributed by atoms with Gasteiger partial charge in [0.05, 0.1) is 0 Å². The van der Waals surface area contributed by atoms with Crippen LogP contribution in [0.5, 0.6) is 0 Å². The molecule has 6 heteroatoms. The summed E-state index contributed by atoms with van der Waals surface area (Å²) in [5.74, 6) is -0.111. The molecule has 0 fully saturated rings. The molecule has 98 valence electrons. The summed E-state index contributed by atoms with van der Waals surface area (Å²) in [6.45, 7) is 3.58. The van der Waals surface area contributed by atoms with Gasteiger partial charge < -0.3 is 0 Å². The van der Waals surface area contributed by atoms with Crippen molar-refractivity contribution in [3.05, 3.63) is 51.3 Å². The summed E-state index contributed by atoms with van der Waals surface area (Å²) in [5, 5.41) is 3.49. The van der Waals surface area contributed by atoms with E-state index in [0.29, 0.717) is 16.3 Å². The largest absolute Gasteiger partial charge is 0.290 e. The first-order valence-electron chi connectivity index (χ1n) is 5.54. The molecular weight excluding hydrogens is 285 g/mol. The van der Waals surface area contributed by atoms with E-state index in [1.807, 2.05) is 6.92 Å². The molecule has 1 amide bonds. The van der Waals surface area contributed by atoms with Crippen molar-refractivity contribution in [3.8, 4) is 0 Å². The van der Waals surface area contributed by atoms with Gasteiger partial charge in [-0.1, -0.05) is 23.2 Å². The van der Waals surface area contributed by atoms with Gasteiger partial charge in [-0.25, -0.2) is 9.97 Å². The Bertz CT molecular complexity index is 624. The third-order valence-corrected chi connectivity index (χ3v) is 2.91. The molecule has 1 N–H and O–H groups in total. The first-order chi connectivity index (χ1) is 8.95. The van der Waals surface area contributed by atoms with E-state index in [4.69, 9.17) is 23.2 Å². The summed E-state index contributed by atoms with van der Waals surface area (Å²) in [7, 11) is 0. The molecule has 0 saturated carbocycles. The zero-order valence-electron chi connectivity index (χ0n) is 10.4. The quantitative estimate of drug-likeness (QED) is 0.861. The van der Waals surface area contributed by atoms with E-state index >= 15 is 0 Å². The van der Waals surface area contributed by atoms with E-state index in [9.17, 15) is 4.79 Å². The molecule has 0 aliphatic heterocycles. The van der Waals surface area contributed by atoms with E-state index in [1.165, 1.54) is 0 Å². The number of amides is 1. The van der Waals surface area contributed by atoms with Crippen LogP contribution in [0.1, 0.15) is 21.6 Å². The molecule has 0 bridgehead atoms. The van der Waals surface area contributed by atoms with Gasteiger partial charge in [-0.05, 0) is 43.7 Å². The van der Waals surface area contributed by atoms with E-state index in [2.05, 4.69) is 15.3 Å². The zero-order chi connectivity index (χ0) is 14.0. The highest BCUT2D eigenvalue weighted by Crippen LogP contribution is 2.17. The number of carbonyl (C=O) groups is 1.